The zero-order chi connectivity index (χ0) is 10.0. The number of hydrogen-bond acceptors (Lipinski definition) is 3. The number of rotatable bonds is 3. The average Bonchev–Trinajstić information content (AvgIpc) is 2.16. The second kappa shape index (κ2) is 4.17. The second-order valence-electron chi connectivity index (χ2n) is 4.79. The van der Waals surface area contributed by atoms with Gasteiger partial charge in [-0.25, -0.2) is 0 Å². The molecular weight excluding hydrogens is 176 g/mol. The lowest BCUT2D eigenvalue weighted by atomic mass is 9.70. The van der Waals surface area contributed by atoms with Crippen molar-refractivity contribution < 1.29 is 4.74 Å². The largest absolute Gasteiger partial charge is 0.379 e. The normalized spacial score (nSPS) is 29.6. The minimum Gasteiger partial charge on any atom is -0.379 e. The van der Waals surface area contributed by atoms with Crippen LogP contribution in [0.25, 0.3) is 0 Å². The molecule has 0 spiro atoms. The molecule has 2 N–H and O–H groups in total. The SMILES string of the molecule is CC(CN)(C1CCC1)N1CCOCC1. The van der Waals surface area contributed by atoms with Crippen LogP contribution in [0.4, 0.5) is 0 Å². The minimum atomic E-state index is 0.238. The Morgan fingerprint density at radius 1 is 1.36 bits per heavy atom. The third-order valence-corrected chi connectivity index (χ3v) is 4.13. The maximum absolute atomic E-state index is 5.97. The van der Waals surface area contributed by atoms with Gasteiger partial charge >= 0.3 is 0 Å². The van der Waals surface area contributed by atoms with Crippen molar-refractivity contribution >= 4 is 0 Å². The van der Waals surface area contributed by atoms with Crippen molar-refractivity contribution in [2.45, 2.75) is 31.7 Å². The molecule has 82 valence electrons. The smallest absolute Gasteiger partial charge is 0.0594 e. The van der Waals surface area contributed by atoms with Crippen LogP contribution < -0.4 is 5.73 Å². The van der Waals surface area contributed by atoms with Crippen molar-refractivity contribution in [3.05, 3.63) is 0 Å². The van der Waals surface area contributed by atoms with Crippen molar-refractivity contribution in [1.29, 1.82) is 0 Å². The minimum absolute atomic E-state index is 0.238. The number of nitrogens with two attached hydrogens (primary N) is 1. The molecule has 1 saturated carbocycles. The van der Waals surface area contributed by atoms with E-state index in [0.29, 0.717) is 0 Å². The van der Waals surface area contributed by atoms with Gasteiger partial charge in [0.2, 0.25) is 0 Å². The molecule has 0 aromatic rings. The first-order chi connectivity index (χ1) is 6.77. The summed E-state index contributed by atoms with van der Waals surface area (Å²) >= 11 is 0. The summed E-state index contributed by atoms with van der Waals surface area (Å²) in [5, 5.41) is 0. The fraction of sp³-hybridized carbons (Fsp3) is 1.00. The summed E-state index contributed by atoms with van der Waals surface area (Å²) in [5.74, 6) is 0.825. The molecule has 2 fully saturated rings. The zero-order valence-electron chi connectivity index (χ0n) is 9.17. The van der Waals surface area contributed by atoms with Gasteiger partial charge in [0.05, 0.1) is 13.2 Å². The molecule has 1 atom stereocenters. The number of ether oxygens (including phenoxy) is 1. The summed E-state index contributed by atoms with van der Waals surface area (Å²) in [4.78, 5) is 2.54. The van der Waals surface area contributed by atoms with Crippen LogP contribution in [0, 0.1) is 5.92 Å². The van der Waals surface area contributed by atoms with Gasteiger partial charge in [-0.1, -0.05) is 6.42 Å². The van der Waals surface area contributed by atoms with Gasteiger partial charge < -0.3 is 10.5 Å². The van der Waals surface area contributed by atoms with Gasteiger partial charge in [0.25, 0.3) is 0 Å². The molecule has 1 heterocycles. The molecule has 2 aliphatic rings. The summed E-state index contributed by atoms with van der Waals surface area (Å²) in [6, 6.07) is 0. The quantitative estimate of drug-likeness (QED) is 0.730. The van der Waals surface area contributed by atoms with E-state index < -0.39 is 0 Å². The Morgan fingerprint density at radius 3 is 2.43 bits per heavy atom. The van der Waals surface area contributed by atoms with Crippen LogP contribution in [0.2, 0.25) is 0 Å². The van der Waals surface area contributed by atoms with Gasteiger partial charge in [-0.2, -0.15) is 0 Å². The molecule has 0 aromatic heterocycles. The van der Waals surface area contributed by atoms with E-state index in [0.717, 1.165) is 38.8 Å². The van der Waals surface area contributed by atoms with Crippen molar-refractivity contribution in [3.63, 3.8) is 0 Å². The lowest BCUT2D eigenvalue weighted by Gasteiger charge is -2.50. The predicted molar refractivity (Wildman–Crippen MR) is 57.2 cm³/mol. The summed E-state index contributed by atoms with van der Waals surface area (Å²) in [6.07, 6.45) is 4.13. The summed E-state index contributed by atoms with van der Waals surface area (Å²) in [7, 11) is 0. The third kappa shape index (κ3) is 1.69. The van der Waals surface area contributed by atoms with E-state index in [1.54, 1.807) is 0 Å². The maximum Gasteiger partial charge on any atom is 0.0594 e. The molecule has 1 aliphatic heterocycles. The third-order valence-electron chi connectivity index (χ3n) is 4.13. The van der Waals surface area contributed by atoms with Crippen LogP contribution in [0.1, 0.15) is 26.2 Å². The van der Waals surface area contributed by atoms with E-state index >= 15 is 0 Å². The highest BCUT2D eigenvalue weighted by Gasteiger charge is 2.41. The molecule has 0 radical (unpaired) electrons. The van der Waals surface area contributed by atoms with Crippen LogP contribution in [0.5, 0.6) is 0 Å². The Hall–Kier alpha value is -0.120. The topological polar surface area (TPSA) is 38.5 Å². The molecule has 0 amide bonds. The second-order valence-corrected chi connectivity index (χ2v) is 4.79. The number of hydrogen-bond donors (Lipinski definition) is 1. The van der Waals surface area contributed by atoms with Crippen LogP contribution in [-0.4, -0.2) is 43.3 Å². The van der Waals surface area contributed by atoms with Crippen molar-refractivity contribution in [3.8, 4) is 0 Å². The van der Waals surface area contributed by atoms with Gasteiger partial charge in [-0.3, -0.25) is 4.90 Å². The van der Waals surface area contributed by atoms with Crippen molar-refractivity contribution in [2.24, 2.45) is 11.7 Å². The van der Waals surface area contributed by atoms with Crippen molar-refractivity contribution in [1.82, 2.24) is 4.90 Å². The van der Waals surface area contributed by atoms with E-state index in [1.807, 2.05) is 0 Å². The van der Waals surface area contributed by atoms with Crippen molar-refractivity contribution in [2.75, 3.05) is 32.8 Å². The van der Waals surface area contributed by atoms with Gasteiger partial charge in [0.1, 0.15) is 0 Å². The van der Waals surface area contributed by atoms with Crippen LogP contribution in [0.3, 0.4) is 0 Å². The highest BCUT2D eigenvalue weighted by atomic mass is 16.5. The first kappa shape index (κ1) is 10.4. The summed E-state index contributed by atoms with van der Waals surface area (Å²) < 4.78 is 5.39. The molecule has 0 bridgehead atoms. The van der Waals surface area contributed by atoms with Gasteiger partial charge in [-0.05, 0) is 25.7 Å². The van der Waals surface area contributed by atoms with E-state index in [2.05, 4.69) is 11.8 Å². The first-order valence-corrected chi connectivity index (χ1v) is 5.80. The molecule has 14 heavy (non-hydrogen) atoms. The Bertz CT molecular complexity index is 188. The molecule has 2 rings (SSSR count). The average molecular weight is 198 g/mol. The van der Waals surface area contributed by atoms with Gasteiger partial charge in [-0.15, -0.1) is 0 Å². The van der Waals surface area contributed by atoms with E-state index in [9.17, 15) is 0 Å². The highest BCUT2D eigenvalue weighted by molar-refractivity contribution is 4.97. The van der Waals surface area contributed by atoms with E-state index in [4.69, 9.17) is 10.5 Å². The lowest BCUT2D eigenvalue weighted by Crippen LogP contribution is -2.61. The number of nitrogens with zero attached hydrogens (tertiary/aromatic N) is 1. The lowest BCUT2D eigenvalue weighted by molar-refractivity contribution is -0.0511. The molecule has 3 heteroatoms. The van der Waals surface area contributed by atoms with Gasteiger partial charge in [0.15, 0.2) is 0 Å². The molecule has 1 unspecified atom stereocenters. The zero-order valence-corrected chi connectivity index (χ0v) is 9.17. The van der Waals surface area contributed by atoms with Crippen LogP contribution >= 0.6 is 0 Å². The predicted octanol–water partition coefficient (Wildman–Crippen LogP) is 0.836. The van der Waals surface area contributed by atoms with E-state index in [-0.39, 0.29) is 5.54 Å². The Labute approximate surface area is 86.6 Å². The maximum atomic E-state index is 5.97. The van der Waals surface area contributed by atoms with Crippen LogP contribution in [0.15, 0.2) is 0 Å². The Balaban J connectivity index is 2.01. The van der Waals surface area contributed by atoms with Crippen LogP contribution in [-0.2, 0) is 4.74 Å². The molecule has 3 nitrogen and oxygen atoms in total. The first-order valence-electron chi connectivity index (χ1n) is 5.80. The molecular formula is C11H22N2O. The van der Waals surface area contributed by atoms with E-state index in [1.165, 1.54) is 19.3 Å². The highest BCUT2D eigenvalue weighted by Crippen LogP contribution is 2.39. The monoisotopic (exact) mass is 198 g/mol. The molecule has 0 aromatic carbocycles. The summed E-state index contributed by atoms with van der Waals surface area (Å²) in [6.45, 7) is 7.00. The summed E-state index contributed by atoms with van der Waals surface area (Å²) in [5.41, 5.74) is 6.20. The fourth-order valence-electron chi connectivity index (χ4n) is 2.66. The fourth-order valence-corrected chi connectivity index (χ4v) is 2.66. The molecule has 1 saturated heterocycles. The number of morpholine rings is 1. The van der Waals surface area contributed by atoms with Gasteiger partial charge in [0, 0.05) is 25.2 Å². The molecule has 1 aliphatic carbocycles. The Morgan fingerprint density at radius 2 is 2.00 bits per heavy atom. The Kier molecular flexibility index (Phi) is 3.10. The standard InChI is InChI=1S/C11H22N2O/c1-11(9-12,10-3-2-4-10)13-5-7-14-8-6-13/h10H,2-9,12H2,1H3.